The van der Waals surface area contributed by atoms with Crippen LogP contribution in [0.3, 0.4) is 0 Å². The number of primary amides is 2. The molecule has 4 amide bonds. The predicted molar refractivity (Wildman–Crippen MR) is 135 cm³/mol. The Balaban J connectivity index is 0. The van der Waals surface area contributed by atoms with Gasteiger partial charge < -0.3 is 48.7 Å². The summed E-state index contributed by atoms with van der Waals surface area (Å²) >= 11 is 0. The Hall–Kier alpha value is -1.27. The van der Waals surface area contributed by atoms with E-state index in [1.54, 1.807) is 0 Å². The zero-order valence-electron chi connectivity index (χ0n) is 21.9. The van der Waals surface area contributed by atoms with Crippen LogP contribution in [0.2, 0.25) is 12.1 Å². The lowest BCUT2D eigenvalue weighted by molar-refractivity contribution is 0.0701. The van der Waals surface area contributed by atoms with Crippen LogP contribution in [0.15, 0.2) is 0 Å². The van der Waals surface area contributed by atoms with Crippen LogP contribution in [0.4, 0.5) is 9.59 Å². The van der Waals surface area contributed by atoms with E-state index in [-0.39, 0.29) is 0 Å². The Morgan fingerprint density at radius 3 is 0.971 bits per heavy atom. The standard InChI is InChI=1S/2C10H24N2O4Si/c2*1-4-14-17(15-5-2,16-6-3)9-7-8-12-10(11)13/h2*4-9H2,1-3H3,(H3,11,12,13). The molecule has 0 fully saturated rings. The van der Waals surface area contributed by atoms with Crippen molar-refractivity contribution < 1.29 is 36.1 Å². The summed E-state index contributed by atoms with van der Waals surface area (Å²) in [4.78, 5) is 21.1. The van der Waals surface area contributed by atoms with Crippen molar-refractivity contribution in [1.29, 1.82) is 0 Å². The Kier molecular flexibility index (Phi) is 22.8. The van der Waals surface area contributed by atoms with Crippen LogP contribution in [0.5, 0.6) is 0 Å². The van der Waals surface area contributed by atoms with Gasteiger partial charge >= 0.3 is 29.7 Å². The van der Waals surface area contributed by atoms with Gasteiger partial charge in [-0.25, -0.2) is 9.59 Å². The van der Waals surface area contributed by atoms with Crippen molar-refractivity contribution in [1.82, 2.24) is 10.6 Å². The van der Waals surface area contributed by atoms with Crippen LogP contribution in [0, 0.1) is 0 Å². The summed E-state index contributed by atoms with van der Waals surface area (Å²) in [6.45, 7) is 15.9. The highest BCUT2D eigenvalue weighted by Gasteiger charge is 2.40. The highest BCUT2D eigenvalue weighted by Crippen LogP contribution is 2.18. The number of nitrogens with one attached hydrogen (secondary N) is 2. The number of amides is 4. The molecule has 0 rings (SSSR count). The Labute approximate surface area is 207 Å². The number of carbonyl (C=O) groups is 2. The van der Waals surface area contributed by atoms with Gasteiger partial charge in [0.25, 0.3) is 0 Å². The van der Waals surface area contributed by atoms with Crippen LogP contribution in [0.1, 0.15) is 54.4 Å². The smallest absolute Gasteiger partial charge is 0.374 e. The molecule has 0 aliphatic carbocycles. The number of nitrogens with two attached hydrogens (primary N) is 2. The van der Waals surface area contributed by atoms with E-state index in [0.717, 1.165) is 12.8 Å². The zero-order chi connectivity index (χ0) is 26.3. The van der Waals surface area contributed by atoms with Gasteiger partial charge in [-0.15, -0.1) is 0 Å². The van der Waals surface area contributed by atoms with Crippen molar-refractivity contribution in [2.24, 2.45) is 11.5 Å². The number of rotatable bonds is 20. The van der Waals surface area contributed by atoms with Gasteiger partial charge in [0, 0.05) is 64.8 Å². The summed E-state index contributed by atoms with van der Waals surface area (Å²) in [7, 11) is -5.12. The second kappa shape index (κ2) is 22.2. The Morgan fingerprint density at radius 2 is 0.794 bits per heavy atom. The summed E-state index contributed by atoms with van der Waals surface area (Å²) in [6.07, 6.45) is 1.46. The first-order valence-electron chi connectivity index (χ1n) is 12.1. The number of hydrogen-bond donors (Lipinski definition) is 4. The van der Waals surface area contributed by atoms with Gasteiger partial charge in [-0.1, -0.05) is 0 Å². The number of urea groups is 2. The molecule has 0 aliphatic heterocycles. The summed E-state index contributed by atoms with van der Waals surface area (Å²) in [5, 5.41) is 5.08. The zero-order valence-corrected chi connectivity index (χ0v) is 23.9. The molecule has 0 aromatic rings. The molecule has 0 aromatic heterocycles. The monoisotopic (exact) mass is 528 g/mol. The van der Waals surface area contributed by atoms with E-state index in [1.165, 1.54) is 0 Å². The fourth-order valence-corrected chi connectivity index (χ4v) is 8.26. The SMILES string of the molecule is CCO[Si](CCCNC(N)=O)(OCC)OCC.CCO[Si](CCCNC(N)=O)(OCC)OCC. The van der Waals surface area contributed by atoms with Gasteiger partial charge in [0.2, 0.25) is 0 Å². The first-order chi connectivity index (χ1) is 16.2. The molecule has 0 saturated carbocycles. The average Bonchev–Trinajstić information content (AvgIpc) is 2.76. The molecule has 0 aliphatic rings. The maximum Gasteiger partial charge on any atom is 0.500 e. The van der Waals surface area contributed by atoms with Crippen LogP contribution < -0.4 is 22.1 Å². The van der Waals surface area contributed by atoms with E-state index in [4.69, 9.17) is 38.0 Å². The van der Waals surface area contributed by atoms with E-state index in [0.29, 0.717) is 64.8 Å². The molecule has 6 N–H and O–H groups in total. The Bertz CT molecular complexity index is 443. The minimum absolute atomic E-state index is 0.511. The van der Waals surface area contributed by atoms with E-state index < -0.39 is 29.7 Å². The predicted octanol–water partition coefficient (Wildman–Crippen LogP) is 2.19. The van der Waals surface area contributed by atoms with Gasteiger partial charge in [-0.05, 0) is 54.4 Å². The Morgan fingerprint density at radius 1 is 0.559 bits per heavy atom. The maximum absolute atomic E-state index is 10.5. The van der Waals surface area contributed by atoms with Gasteiger partial charge in [0.1, 0.15) is 0 Å². The highest BCUT2D eigenvalue weighted by atomic mass is 28.4. The molecule has 0 bridgehead atoms. The number of hydrogen-bond acceptors (Lipinski definition) is 8. The van der Waals surface area contributed by atoms with Gasteiger partial charge in [-0.2, -0.15) is 0 Å². The summed E-state index contributed by atoms with van der Waals surface area (Å²) in [5.74, 6) is 0. The van der Waals surface area contributed by atoms with Gasteiger partial charge in [0.15, 0.2) is 0 Å². The fourth-order valence-electron chi connectivity index (χ4n) is 3.04. The molecule has 0 aromatic carbocycles. The van der Waals surface area contributed by atoms with Crippen molar-refractivity contribution in [2.75, 3.05) is 52.7 Å². The summed E-state index contributed by atoms with van der Waals surface area (Å²) in [5.41, 5.74) is 9.97. The summed E-state index contributed by atoms with van der Waals surface area (Å²) in [6, 6.07) is 0.342. The molecule has 34 heavy (non-hydrogen) atoms. The van der Waals surface area contributed by atoms with Crippen LogP contribution in [-0.2, 0) is 26.6 Å². The van der Waals surface area contributed by atoms with Crippen LogP contribution in [0.25, 0.3) is 0 Å². The maximum atomic E-state index is 10.5. The quantitative estimate of drug-likeness (QED) is 0.138. The van der Waals surface area contributed by atoms with Crippen LogP contribution >= 0.6 is 0 Å². The minimum Gasteiger partial charge on any atom is -0.374 e. The van der Waals surface area contributed by atoms with Gasteiger partial charge in [0.05, 0.1) is 0 Å². The van der Waals surface area contributed by atoms with Crippen LogP contribution in [-0.4, -0.2) is 82.4 Å². The minimum atomic E-state index is -2.56. The van der Waals surface area contributed by atoms with E-state index in [1.807, 2.05) is 41.5 Å². The normalized spacial score (nSPS) is 11.5. The first kappa shape index (κ1) is 34.9. The molecule has 0 radical (unpaired) electrons. The largest absolute Gasteiger partial charge is 0.500 e. The van der Waals surface area contributed by atoms with Crippen molar-refractivity contribution in [3.05, 3.63) is 0 Å². The molecular formula is C20H48N4O8Si2. The second-order valence-corrected chi connectivity index (χ2v) is 12.2. The molecule has 0 atom stereocenters. The van der Waals surface area contributed by atoms with Gasteiger partial charge in [-0.3, -0.25) is 0 Å². The van der Waals surface area contributed by atoms with E-state index in [9.17, 15) is 9.59 Å². The molecule has 204 valence electrons. The third-order valence-electron chi connectivity index (χ3n) is 4.10. The topological polar surface area (TPSA) is 166 Å². The molecule has 12 nitrogen and oxygen atoms in total. The van der Waals surface area contributed by atoms with E-state index >= 15 is 0 Å². The molecule has 0 heterocycles. The fraction of sp³-hybridized carbons (Fsp3) is 0.900. The molecule has 14 heteroatoms. The lowest BCUT2D eigenvalue weighted by Crippen LogP contribution is -2.46. The van der Waals surface area contributed by atoms with Crippen molar-refractivity contribution in [3.63, 3.8) is 0 Å². The van der Waals surface area contributed by atoms with Crippen molar-refractivity contribution >= 4 is 29.7 Å². The number of carbonyl (C=O) groups excluding carboxylic acids is 2. The lowest BCUT2D eigenvalue weighted by atomic mass is 10.5. The summed E-state index contributed by atoms with van der Waals surface area (Å²) < 4.78 is 34.0. The third kappa shape index (κ3) is 18.1. The molecule has 0 spiro atoms. The molecule has 0 saturated heterocycles. The van der Waals surface area contributed by atoms with Crippen molar-refractivity contribution in [3.8, 4) is 0 Å². The third-order valence-corrected chi connectivity index (χ3v) is 10.4. The molecular weight excluding hydrogens is 480 g/mol. The van der Waals surface area contributed by atoms with Crippen molar-refractivity contribution in [2.45, 2.75) is 66.5 Å². The first-order valence-corrected chi connectivity index (χ1v) is 16.0. The lowest BCUT2D eigenvalue weighted by Gasteiger charge is -2.28. The van der Waals surface area contributed by atoms with E-state index in [2.05, 4.69) is 10.6 Å². The highest BCUT2D eigenvalue weighted by molar-refractivity contribution is 6.61. The average molecular weight is 529 g/mol. The molecule has 0 unspecified atom stereocenters. The second-order valence-electron chi connectivity index (χ2n) is 6.75.